The molecule has 0 saturated carbocycles. The van der Waals surface area contributed by atoms with Gasteiger partial charge in [-0.05, 0) is 50.1 Å². The third-order valence-corrected chi connectivity index (χ3v) is 2.85. The smallest absolute Gasteiger partial charge is 0.407 e. The van der Waals surface area contributed by atoms with Gasteiger partial charge in [0.2, 0.25) is 0 Å². The van der Waals surface area contributed by atoms with Crippen LogP contribution in [0.5, 0.6) is 0 Å². The quantitative estimate of drug-likeness (QED) is 0.887. The molecule has 112 valence electrons. The normalized spacial score (nSPS) is 32.8. The van der Waals surface area contributed by atoms with Gasteiger partial charge in [-0.15, -0.1) is 0 Å². The minimum absolute atomic E-state index is 0.0309. The maximum atomic E-state index is 11.7. The van der Waals surface area contributed by atoms with Gasteiger partial charge in [-0.1, -0.05) is 6.04 Å². The Kier molecular flexibility index (Phi) is 1.65. The number of amides is 1. The van der Waals surface area contributed by atoms with Crippen LogP contribution in [0.15, 0.2) is 24.3 Å². The molecule has 1 aliphatic rings. The average molecular weight is 298 g/mol. The number of likely N-dealkylation sites (N-methyl/N-ethyl adjacent to an activating group) is 1. The van der Waals surface area contributed by atoms with Gasteiger partial charge < -0.3 is 19.9 Å². The molecule has 1 atom stereocenters. The number of cyclic esters (lactones) is 1. The summed E-state index contributed by atoms with van der Waals surface area (Å²) in [5, 5.41) is -0.172. The molecule has 5 nitrogen and oxygen atoms in total. The van der Waals surface area contributed by atoms with Crippen molar-refractivity contribution in [3.63, 3.8) is 0 Å². The van der Waals surface area contributed by atoms with Gasteiger partial charge in [0.25, 0.3) is 0 Å². The van der Waals surface area contributed by atoms with Crippen LogP contribution in [-0.4, -0.2) is 49.1 Å². The largest absolute Gasteiger partial charge is 0.447 e. The van der Waals surface area contributed by atoms with Crippen LogP contribution in [0.4, 0.5) is 4.79 Å². The van der Waals surface area contributed by atoms with E-state index in [1.165, 1.54) is 19.0 Å². The summed E-state index contributed by atoms with van der Waals surface area (Å²) in [4.78, 5) is 13.5. The molecule has 1 fully saturated rings. The van der Waals surface area contributed by atoms with Gasteiger partial charge in [0.1, 0.15) is 6.56 Å². The van der Waals surface area contributed by atoms with E-state index >= 15 is 0 Å². The molecule has 1 amide bonds. The van der Waals surface area contributed by atoms with Crippen molar-refractivity contribution < 1.29 is 24.7 Å². The van der Waals surface area contributed by atoms with E-state index in [9.17, 15) is 4.79 Å². The fraction of sp³-hybridized carbons (Fsp3) is 0.438. The Balaban J connectivity index is 2.29. The van der Waals surface area contributed by atoms with E-state index < -0.39 is 62.3 Å². The molecule has 1 saturated heterocycles. The van der Waals surface area contributed by atoms with Crippen LogP contribution in [0.2, 0.25) is 2.82 Å². The summed E-state index contributed by atoms with van der Waals surface area (Å²) in [6.07, 6.45) is -3.14. The van der Waals surface area contributed by atoms with Gasteiger partial charge in [-0.25, -0.2) is 4.79 Å². The molecule has 21 heavy (non-hydrogen) atoms. The van der Waals surface area contributed by atoms with Gasteiger partial charge in [0, 0.05) is 26.3 Å². The van der Waals surface area contributed by atoms with E-state index in [1.54, 1.807) is 0 Å². The highest BCUT2D eigenvalue weighted by Crippen LogP contribution is 2.21. The first-order valence-corrected chi connectivity index (χ1v) is 6.29. The molecule has 1 aliphatic heterocycles. The summed E-state index contributed by atoms with van der Waals surface area (Å²) in [6, 6.07) is -4.36. The fourth-order valence-electron chi connectivity index (χ4n) is 1.87. The molecule has 0 aliphatic carbocycles. The third-order valence-electron chi connectivity index (χ3n) is 2.85. The topological polar surface area (TPSA) is 57.4 Å². The summed E-state index contributed by atoms with van der Waals surface area (Å²) >= 11 is 0. The molecule has 3 rings (SSSR count). The van der Waals surface area contributed by atoms with Crippen LogP contribution in [0, 0.1) is 0 Å². The highest BCUT2D eigenvalue weighted by atomic mass is 16.6. The summed E-state index contributed by atoms with van der Waals surface area (Å²) < 4.78 is 94.1. The lowest BCUT2D eigenvalue weighted by atomic mass is 10.0. The van der Waals surface area contributed by atoms with Gasteiger partial charge >= 0.3 is 6.09 Å². The molecule has 0 unspecified atom stereocenters. The van der Waals surface area contributed by atoms with Crippen LogP contribution in [0.1, 0.15) is 23.5 Å². The number of rotatable bonds is 5. The van der Waals surface area contributed by atoms with Crippen molar-refractivity contribution in [3.8, 4) is 0 Å². The van der Waals surface area contributed by atoms with E-state index in [-0.39, 0.29) is 27.3 Å². The summed E-state index contributed by atoms with van der Waals surface area (Å²) in [6.45, 7) is -4.93. The zero-order valence-electron chi connectivity index (χ0n) is 22.6. The van der Waals surface area contributed by atoms with E-state index in [2.05, 4.69) is 4.74 Å². The molecule has 2 N–H and O–H groups in total. The Labute approximate surface area is 139 Å². The molecule has 0 spiro atoms. The Morgan fingerprint density at radius 2 is 2.52 bits per heavy atom. The van der Waals surface area contributed by atoms with Gasteiger partial charge in [-0.3, -0.25) is 0 Å². The second-order valence-corrected chi connectivity index (χ2v) is 4.71. The fourth-order valence-corrected chi connectivity index (χ4v) is 1.87. The molecular formula is C16H21N3O2. The highest BCUT2D eigenvalue weighted by molar-refractivity contribution is 5.84. The van der Waals surface area contributed by atoms with Crippen molar-refractivity contribution in [1.29, 1.82) is 0 Å². The van der Waals surface area contributed by atoms with Gasteiger partial charge in [-0.2, -0.15) is 0 Å². The number of hydrogen-bond donors (Lipinski definition) is 2. The first kappa shape index (κ1) is 6.01. The number of H-pyrrole nitrogens is 1. The van der Waals surface area contributed by atoms with Crippen LogP contribution in [0.3, 0.4) is 0 Å². The molecule has 1 aromatic carbocycles. The number of aryl methyl sites for hydroxylation is 1. The number of aromatic amines is 1. The minimum Gasteiger partial charge on any atom is -0.447 e. The third kappa shape index (κ3) is 3.19. The first-order valence-electron chi connectivity index (χ1n) is 11.7. The number of ether oxygens (including phenoxy) is 1. The van der Waals surface area contributed by atoms with E-state index in [0.717, 1.165) is 0 Å². The number of aromatic nitrogens is 1. The number of hydrogen-bond acceptors (Lipinski definition) is 3. The zero-order chi connectivity index (χ0) is 24.5. The number of nitrogens with zero attached hydrogens (tertiary/aromatic N) is 1. The number of benzene rings is 1. The van der Waals surface area contributed by atoms with Crippen LogP contribution in [0.25, 0.3) is 10.9 Å². The highest BCUT2D eigenvalue weighted by Gasteiger charge is 2.22. The molecule has 0 bridgehead atoms. The number of fused-ring (bicyclic) bond motifs is 1. The second-order valence-electron chi connectivity index (χ2n) is 4.71. The lowest BCUT2D eigenvalue weighted by molar-refractivity contribution is 0.177. The monoisotopic (exact) mass is 298 g/mol. The maximum Gasteiger partial charge on any atom is 0.407 e. The Bertz CT molecular complexity index is 1120. The number of alkyl carbamates (subject to hydrolysis) is 1. The Morgan fingerprint density at radius 1 is 1.67 bits per heavy atom. The zero-order valence-corrected chi connectivity index (χ0v) is 11.6. The molecular weight excluding hydrogens is 266 g/mol. The standard InChI is InChI=1S/C16H21N3O2/c1-19(2)6-5-12-9-17-15-4-3-11(8-14(12)15)7-13-10-21-16(20)18-13/h3-4,8-9,13,17H,5-7,10H2,1-2H3,(H,18,20)/t13-/m1/s1/i3D,4D,6D2,8D,9D,10D2,13D/hD2. The van der Waals surface area contributed by atoms with Crippen molar-refractivity contribution in [3.05, 3.63) is 35.4 Å². The molecule has 1 aromatic heterocycles. The van der Waals surface area contributed by atoms with Crippen LogP contribution in [-0.2, 0) is 17.6 Å². The van der Waals surface area contributed by atoms with Crippen molar-refractivity contribution in [1.82, 2.24) is 15.2 Å². The SMILES string of the molecule is [2H]c1c(C[C@@]2([2H])N([2H])C(=O)OC2([2H])[2H])c([2H])c2c(CC([2H])([2H])N(C)C)c([2H])n([2H])c2c1[2H]. The summed E-state index contributed by atoms with van der Waals surface area (Å²) in [5.74, 6) is 0. The molecule has 2 heterocycles. The van der Waals surface area contributed by atoms with Gasteiger partial charge in [0.15, 0.2) is 2.82 Å². The Hall–Kier alpha value is -2.01. The van der Waals surface area contributed by atoms with Gasteiger partial charge in [0.05, 0.1) is 15.6 Å². The number of carbonyl (C=O) groups excluding carboxylic acids is 1. The molecule has 0 radical (unpaired) electrons. The lowest BCUT2D eigenvalue weighted by Gasteiger charge is -2.09. The second kappa shape index (κ2) is 5.77. The Morgan fingerprint density at radius 3 is 3.24 bits per heavy atom. The lowest BCUT2D eigenvalue weighted by Crippen LogP contribution is -2.28. The van der Waals surface area contributed by atoms with Crippen molar-refractivity contribution in [2.24, 2.45) is 0 Å². The minimum atomic E-state index is -2.95. The van der Waals surface area contributed by atoms with Crippen molar-refractivity contribution in [2.45, 2.75) is 18.9 Å². The number of carbonyl (C=O) groups is 1. The van der Waals surface area contributed by atoms with E-state index in [1.807, 2.05) is 0 Å². The first-order chi connectivity index (χ1) is 14.5. The van der Waals surface area contributed by atoms with Crippen molar-refractivity contribution >= 4 is 17.0 Å². The van der Waals surface area contributed by atoms with E-state index in [0.29, 0.717) is 4.98 Å². The van der Waals surface area contributed by atoms with Crippen LogP contribution < -0.4 is 5.31 Å². The summed E-state index contributed by atoms with van der Waals surface area (Å²) in [7, 11) is 2.94. The molecule has 5 heteroatoms. The molecule has 2 aromatic rings. The summed E-state index contributed by atoms with van der Waals surface area (Å²) in [5.41, 5.74) is -0.673. The number of nitrogens with one attached hydrogen (secondary N) is 2. The van der Waals surface area contributed by atoms with Crippen molar-refractivity contribution in [2.75, 3.05) is 27.2 Å². The van der Waals surface area contributed by atoms with E-state index in [4.69, 9.17) is 15.2 Å². The van der Waals surface area contributed by atoms with Crippen LogP contribution >= 0.6 is 0 Å². The predicted octanol–water partition coefficient (Wildman–Crippen LogP) is 1.92. The average Bonchev–Trinajstić information content (AvgIpc) is 3.00. The maximum absolute atomic E-state index is 11.7. The predicted molar refractivity (Wildman–Crippen MR) is 82.5 cm³/mol.